The number of ether oxygens (including phenoxy) is 3. The smallest absolute Gasteiger partial charge is 0.130 e. The third kappa shape index (κ3) is 7.67. The van der Waals surface area contributed by atoms with Crippen LogP contribution < -0.4 is 0 Å². The van der Waals surface area contributed by atoms with Crippen LogP contribution in [-0.2, 0) is 27.4 Å². The summed E-state index contributed by atoms with van der Waals surface area (Å²) >= 11 is 0. The van der Waals surface area contributed by atoms with Crippen molar-refractivity contribution in [2.75, 3.05) is 33.5 Å². The lowest BCUT2D eigenvalue weighted by atomic mass is 10.4. The molecular weight excluding hydrogens is 276 g/mol. The summed E-state index contributed by atoms with van der Waals surface area (Å²) in [4.78, 5) is 0. The Labute approximate surface area is 124 Å². The molecule has 0 amide bonds. The summed E-state index contributed by atoms with van der Waals surface area (Å²) in [6, 6.07) is 3.47. The Kier molecular flexibility index (Phi) is 9.23. The highest BCUT2D eigenvalue weighted by molar-refractivity contribution is 5.08. The van der Waals surface area contributed by atoms with Gasteiger partial charge >= 0.3 is 0 Å². The van der Waals surface area contributed by atoms with Crippen molar-refractivity contribution in [1.29, 1.82) is 0 Å². The van der Waals surface area contributed by atoms with Gasteiger partial charge in [0.05, 0.1) is 26.9 Å². The van der Waals surface area contributed by atoms with Gasteiger partial charge in [-0.25, -0.2) is 0 Å². The second-order valence-electron chi connectivity index (χ2n) is 4.08. The fourth-order valence-electron chi connectivity index (χ4n) is 1.46. The Morgan fingerprint density at radius 3 is 2.71 bits per heavy atom. The van der Waals surface area contributed by atoms with Gasteiger partial charge < -0.3 is 28.8 Å². The number of hydrogen-bond donors (Lipinski definition) is 2. The zero-order chi connectivity index (χ0) is 15.3. The van der Waals surface area contributed by atoms with Gasteiger partial charge in [0.1, 0.15) is 37.1 Å². The minimum absolute atomic E-state index is 0.0195. The van der Waals surface area contributed by atoms with Gasteiger partial charge in [0.25, 0.3) is 0 Å². The third-order valence-electron chi connectivity index (χ3n) is 2.49. The van der Waals surface area contributed by atoms with Gasteiger partial charge in [-0.15, -0.1) is 0 Å². The number of allylic oxidation sites excluding steroid dienone is 2. The zero-order valence-corrected chi connectivity index (χ0v) is 12.2. The first-order chi connectivity index (χ1) is 10.3. The topological polar surface area (TPSA) is 81.3 Å². The van der Waals surface area contributed by atoms with Crippen molar-refractivity contribution in [2.24, 2.45) is 0 Å². The van der Waals surface area contributed by atoms with Crippen LogP contribution in [0.4, 0.5) is 0 Å². The highest BCUT2D eigenvalue weighted by Gasteiger charge is 2.02. The van der Waals surface area contributed by atoms with Crippen molar-refractivity contribution in [3.05, 3.63) is 47.6 Å². The van der Waals surface area contributed by atoms with Crippen LogP contribution in [0.25, 0.3) is 0 Å². The minimum Gasteiger partial charge on any atom is -0.499 e. The van der Waals surface area contributed by atoms with Crippen molar-refractivity contribution >= 4 is 0 Å². The number of aliphatic hydroxyl groups excluding tert-OH is 2. The van der Waals surface area contributed by atoms with Crippen LogP contribution in [0.5, 0.6) is 0 Å². The van der Waals surface area contributed by atoms with E-state index in [4.69, 9.17) is 28.8 Å². The fourth-order valence-corrected chi connectivity index (χ4v) is 1.46. The SMILES string of the molecule is CO/C(=C\C=C\COCCO)COCc1ccc(CO)o1. The van der Waals surface area contributed by atoms with E-state index >= 15 is 0 Å². The first kappa shape index (κ1) is 17.5. The predicted molar refractivity (Wildman–Crippen MR) is 76.4 cm³/mol. The molecule has 0 aliphatic rings. The molecule has 0 unspecified atom stereocenters. The van der Waals surface area contributed by atoms with E-state index in [2.05, 4.69) is 0 Å². The second-order valence-corrected chi connectivity index (χ2v) is 4.08. The maximum atomic E-state index is 8.88. The molecule has 0 radical (unpaired) electrons. The first-order valence-corrected chi connectivity index (χ1v) is 6.64. The molecule has 1 heterocycles. The van der Waals surface area contributed by atoms with E-state index in [0.29, 0.717) is 43.7 Å². The number of methoxy groups -OCH3 is 1. The summed E-state index contributed by atoms with van der Waals surface area (Å²) in [6.07, 6.45) is 5.40. The monoisotopic (exact) mass is 298 g/mol. The molecule has 2 N–H and O–H groups in total. The molecule has 0 fully saturated rings. The maximum Gasteiger partial charge on any atom is 0.130 e. The van der Waals surface area contributed by atoms with E-state index in [1.165, 1.54) is 0 Å². The van der Waals surface area contributed by atoms with E-state index in [0.717, 1.165) is 0 Å². The van der Waals surface area contributed by atoms with Crippen LogP contribution in [0.1, 0.15) is 11.5 Å². The Morgan fingerprint density at radius 2 is 2.05 bits per heavy atom. The molecule has 1 rings (SSSR count). The van der Waals surface area contributed by atoms with Crippen LogP contribution in [0.15, 0.2) is 40.5 Å². The van der Waals surface area contributed by atoms with E-state index in [1.54, 1.807) is 31.4 Å². The van der Waals surface area contributed by atoms with Crippen LogP contribution in [-0.4, -0.2) is 43.8 Å². The van der Waals surface area contributed by atoms with E-state index < -0.39 is 0 Å². The molecule has 0 bridgehead atoms. The van der Waals surface area contributed by atoms with Crippen LogP contribution >= 0.6 is 0 Å². The molecule has 0 aliphatic carbocycles. The summed E-state index contributed by atoms with van der Waals surface area (Å²) in [5.41, 5.74) is 0. The van der Waals surface area contributed by atoms with Gasteiger partial charge in [0.15, 0.2) is 0 Å². The highest BCUT2D eigenvalue weighted by Crippen LogP contribution is 2.09. The molecular formula is C15H22O6. The van der Waals surface area contributed by atoms with Gasteiger partial charge in [0, 0.05) is 0 Å². The molecule has 1 aromatic heterocycles. The fraction of sp³-hybridized carbons (Fsp3) is 0.467. The predicted octanol–water partition coefficient (Wildman–Crippen LogP) is 1.38. The van der Waals surface area contributed by atoms with Crippen molar-refractivity contribution in [3.63, 3.8) is 0 Å². The average molecular weight is 298 g/mol. The molecule has 1 aromatic rings. The number of aliphatic hydroxyl groups is 2. The van der Waals surface area contributed by atoms with Crippen LogP contribution in [0.2, 0.25) is 0 Å². The number of hydrogen-bond acceptors (Lipinski definition) is 6. The average Bonchev–Trinajstić information content (AvgIpc) is 2.97. The van der Waals surface area contributed by atoms with Crippen molar-refractivity contribution < 1.29 is 28.8 Å². The zero-order valence-electron chi connectivity index (χ0n) is 12.2. The highest BCUT2D eigenvalue weighted by atomic mass is 16.5. The maximum absolute atomic E-state index is 8.88. The van der Waals surface area contributed by atoms with Gasteiger partial charge in [-0.1, -0.05) is 12.2 Å². The molecule has 118 valence electrons. The van der Waals surface area contributed by atoms with Crippen LogP contribution in [0.3, 0.4) is 0 Å². The summed E-state index contributed by atoms with van der Waals surface area (Å²) in [6.45, 7) is 1.29. The molecule has 21 heavy (non-hydrogen) atoms. The summed E-state index contributed by atoms with van der Waals surface area (Å²) in [7, 11) is 1.57. The lowest BCUT2D eigenvalue weighted by Gasteiger charge is -2.05. The molecule has 0 aromatic carbocycles. The summed E-state index contributed by atoms with van der Waals surface area (Å²) in [5.74, 6) is 1.84. The molecule has 0 spiro atoms. The molecule has 0 aliphatic heterocycles. The van der Waals surface area contributed by atoms with Gasteiger partial charge in [-0.3, -0.25) is 0 Å². The molecule has 6 heteroatoms. The standard InChI is InChI=1S/C15H22O6/c1-18-14(4-2-3-8-19-9-7-16)11-20-12-15-6-5-13(10-17)21-15/h2-6,16-17H,7-12H2,1H3/b3-2+,14-4-. The molecule has 0 saturated carbocycles. The Balaban J connectivity index is 2.26. The van der Waals surface area contributed by atoms with Crippen molar-refractivity contribution in [2.45, 2.75) is 13.2 Å². The molecule has 0 atom stereocenters. The largest absolute Gasteiger partial charge is 0.499 e. The van der Waals surface area contributed by atoms with E-state index in [-0.39, 0.29) is 13.2 Å². The lowest BCUT2D eigenvalue weighted by Crippen LogP contribution is -2.00. The molecule has 0 saturated heterocycles. The third-order valence-corrected chi connectivity index (χ3v) is 2.49. The summed E-state index contributed by atoms with van der Waals surface area (Å²) < 4.78 is 21.0. The second kappa shape index (κ2) is 11.1. The minimum atomic E-state index is -0.119. The van der Waals surface area contributed by atoms with E-state index in [1.807, 2.05) is 6.08 Å². The van der Waals surface area contributed by atoms with E-state index in [9.17, 15) is 0 Å². The quantitative estimate of drug-likeness (QED) is 0.365. The van der Waals surface area contributed by atoms with Crippen molar-refractivity contribution in [3.8, 4) is 0 Å². The van der Waals surface area contributed by atoms with Gasteiger partial charge in [-0.05, 0) is 18.2 Å². The Hall–Kier alpha value is -1.60. The number of rotatable bonds is 11. The number of furan rings is 1. The lowest BCUT2D eigenvalue weighted by molar-refractivity contribution is 0.0898. The molecule has 6 nitrogen and oxygen atoms in total. The first-order valence-electron chi connectivity index (χ1n) is 6.64. The normalized spacial score (nSPS) is 12.2. The van der Waals surface area contributed by atoms with Crippen molar-refractivity contribution in [1.82, 2.24) is 0 Å². The van der Waals surface area contributed by atoms with Gasteiger partial charge in [-0.2, -0.15) is 0 Å². The van der Waals surface area contributed by atoms with Gasteiger partial charge in [0.2, 0.25) is 0 Å². The summed E-state index contributed by atoms with van der Waals surface area (Å²) in [5, 5.41) is 17.4. The van der Waals surface area contributed by atoms with Crippen LogP contribution in [0, 0.1) is 0 Å². The Bertz CT molecular complexity index is 435. The Morgan fingerprint density at radius 1 is 1.24 bits per heavy atom.